The lowest BCUT2D eigenvalue weighted by molar-refractivity contribution is -0.120. The van der Waals surface area contributed by atoms with Gasteiger partial charge in [-0.15, -0.1) is 0 Å². The van der Waals surface area contributed by atoms with Crippen molar-refractivity contribution in [2.45, 2.75) is 25.7 Å². The average molecular weight is 230 g/mol. The van der Waals surface area contributed by atoms with Gasteiger partial charge in [-0.1, -0.05) is 18.6 Å². The number of ether oxygens (including phenoxy) is 1. The SMILES string of the molecule is COc1ccc(CC(=O)C2C3CCCC32)cc1. The lowest BCUT2D eigenvalue weighted by Crippen LogP contribution is -2.08. The summed E-state index contributed by atoms with van der Waals surface area (Å²) in [7, 11) is 1.66. The number of methoxy groups -OCH3 is 1. The van der Waals surface area contributed by atoms with Gasteiger partial charge in [-0.3, -0.25) is 4.79 Å². The fourth-order valence-corrected chi connectivity index (χ4v) is 3.36. The molecule has 2 nitrogen and oxygen atoms in total. The molecular formula is C15H18O2. The van der Waals surface area contributed by atoms with E-state index in [0.29, 0.717) is 18.1 Å². The molecule has 2 fully saturated rings. The van der Waals surface area contributed by atoms with Crippen LogP contribution < -0.4 is 4.74 Å². The van der Waals surface area contributed by atoms with Gasteiger partial charge in [0.2, 0.25) is 0 Å². The molecule has 2 atom stereocenters. The van der Waals surface area contributed by atoms with Crippen molar-refractivity contribution in [1.82, 2.24) is 0 Å². The van der Waals surface area contributed by atoms with Crippen LogP contribution in [-0.4, -0.2) is 12.9 Å². The summed E-state index contributed by atoms with van der Waals surface area (Å²) in [6.45, 7) is 0. The Morgan fingerprint density at radius 1 is 1.24 bits per heavy atom. The van der Waals surface area contributed by atoms with Gasteiger partial charge in [0.1, 0.15) is 11.5 Å². The molecule has 17 heavy (non-hydrogen) atoms. The highest BCUT2D eigenvalue weighted by Gasteiger charge is 2.55. The number of Topliss-reactive ketones (excluding diaryl/α,β-unsaturated/α-hetero) is 1. The number of ketones is 1. The van der Waals surface area contributed by atoms with Crippen LogP contribution in [0.15, 0.2) is 24.3 Å². The summed E-state index contributed by atoms with van der Waals surface area (Å²) in [5.74, 6) is 3.17. The molecule has 0 N–H and O–H groups in total. The van der Waals surface area contributed by atoms with Crippen LogP contribution in [0.2, 0.25) is 0 Å². The molecular weight excluding hydrogens is 212 g/mol. The molecule has 2 unspecified atom stereocenters. The quantitative estimate of drug-likeness (QED) is 0.795. The van der Waals surface area contributed by atoms with Crippen LogP contribution >= 0.6 is 0 Å². The van der Waals surface area contributed by atoms with Gasteiger partial charge in [-0.05, 0) is 42.4 Å². The Bertz CT molecular complexity index is 411. The predicted octanol–water partition coefficient (Wildman–Crippen LogP) is 2.85. The predicted molar refractivity (Wildman–Crippen MR) is 66.0 cm³/mol. The zero-order valence-electron chi connectivity index (χ0n) is 10.2. The Morgan fingerprint density at radius 2 is 1.88 bits per heavy atom. The van der Waals surface area contributed by atoms with Gasteiger partial charge in [0.25, 0.3) is 0 Å². The number of carbonyl (C=O) groups is 1. The Kier molecular flexibility index (Phi) is 2.65. The maximum absolute atomic E-state index is 12.1. The van der Waals surface area contributed by atoms with E-state index in [0.717, 1.165) is 23.1 Å². The molecule has 0 saturated heterocycles. The van der Waals surface area contributed by atoms with Gasteiger partial charge in [0.05, 0.1) is 7.11 Å². The van der Waals surface area contributed by atoms with Crippen molar-refractivity contribution in [2.24, 2.45) is 17.8 Å². The molecule has 2 aliphatic carbocycles. The zero-order chi connectivity index (χ0) is 11.8. The molecule has 1 aromatic carbocycles. The van der Waals surface area contributed by atoms with Crippen LogP contribution in [0.25, 0.3) is 0 Å². The van der Waals surface area contributed by atoms with Crippen molar-refractivity contribution in [1.29, 1.82) is 0 Å². The molecule has 0 spiro atoms. The summed E-state index contributed by atoms with van der Waals surface area (Å²) in [6, 6.07) is 7.84. The van der Waals surface area contributed by atoms with E-state index < -0.39 is 0 Å². The van der Waals surface area contributed by atoms with E-state index >= 15 is 0 Å². The molecule has 0 bridgehead atoms. The first-order chi connectivity index (χ1) is 8.29. The van der Waals surface area contributed by atoms with E-state index in [1.807, 2.05) is 24.3 Å². The standard InChI is InChI=1S/C15H18O2/c1-17-11-7-5-10(6-8-11)9-14(16)15-12-3-2-4-13(12)15/h5-8,12-13,15H,2-4,9H2,1H3. The molecule has 90 valence electrons. The molecule has 0 amide bonds. The minimum atomic E-state index is 0.394. The molecule has 2 saturated carbocycles. The monoisotopic (exact) mass is 230 g/mol. The second-order valence-corrected chi connectivity index (χ2v) is 5.28. The number of rotatable bonds is 4. The van der Waals surface area contributed by atoms with Crippen LogP contribution in [-0.2, 0) is 11.2 Å². The summed E-state index contributed by atoms with van der Waals surface area (Å²) >= 11 is 0. The average Bonchev–Trinajstić information content (AvgIpc) is 2.85. The first-order valence-corrected chi connectivity index (χ1v) is 6.45. The van der Waals surface area contributed by atoms with E-state index in [2.05, 4.69) is 0 Å². The van der Waals surface area contributed by atoms with Crippen molar-refractivity contribution in [3.63, 3.8) is 0 Å². The minimum Gasteiger partial charge on any atom is -0.497 e. The van der Waals surface area contributed by atoms with E-state index in [-0.39, 0.29) is 0 Å². The largest absolute Gasteiger partial charge is 0.497 e. The van der Waals surface area contributed by atoms with Crippen LogP contribution in [0, 0.1) is 17.8 Å². The van der Waals surface area contributed by atoms with Gasteiger partial charge in [-0.25, -0.2) is 0 Å². The van der Waals surface area contributed by atoms with Crippen LogP contribution in [0.1, 0.15) is 24.8 Å². The maximum Gasteiger partial charge on any atom is 0.140 e. The van der Waals surface area contributed by atoms with Crippen LogP contribution in [0.5, 0.6) is 5.75 Å². The van der Waals surface area contributed by atoms with Crippen molar-refractivity contribution >= 4 is 5.78 Å². The first-order valence-electron chi connectivity index (χ1n) is 6.45. The smallest absolute Gasteiger partial charge is 0.140 e. The molecule has 0 aromatic heterocycles. The second-order valence-electron chi connectivity index (χ2n) is 5.28. The Morgan fingerprint density at radius 3 is 2.47 bits per heavy atom. The summed E-state index contributed by atoms with van der Waals surface area (Å²) in [5.41, 5.74) is 1.11. The minimum absolute atomic E-state index is 0.394. The van der Waals surface area contributed by atoms with Crippen molar-refractivity contribution in [3.05, 3.63) is 29.8 Å². The van der Waals surface area contributed by atoms with Crippen molar-refractivity contribution in [2.75, 3.05) is 7.11 Å². The van der Waals surface area contributed by atoms with Gasteiger partial charge in [0.15, 0.2) is 0 Å². The van der Waals surface area contributed by atoms with Gasteiger partial charge < -0.3 is 4.74 Å². The molecule has 1 aromatic rings. The Hall–Kier alpha value is -1.31. The van der Waals surface area contributed by atoms with Gasteiger partial charge >= 0.3 is 0 Å². The summed E-state index contributed by atoms with van der Waals surface area (Å²) in [4.78, 5) is 12.1. The van der Waals surface area contributed by atoms with Crippen molar-refractivity contribution < 1.29 is 9.53 Å². The van der Waals surface area contributed by atoms with E-state index in [1.165, 1.54) is 19.3 Å². The second kappa shape index (κ2) is 4.17. The highest BCUT2D eigenvalue weighted by molar-refractivity contribution is 5.86. The van der Waals surface area contributed by atoms with Crippen molar-refractivity contribution in [3.8, 4) is 5.75 Å². The van der Waals surface area contributed by atoms with Gasteiger partial charge in [-0.2, -0.15) is 0 Å². The third-order valence-corrected chi connectivity index (χ3v) is 4.32. The topological polar surface area (TPSA) is 26.3 Å². The van der Waals surface area contributed by atoms with E-state index in [1.54, 1.807) is 7.11 Å². The first kappa shape index (κ1) is 10.8. The highest BCUT2D eigenvalue weighted by atomic mass is 16.5. The third-order valence-electron chi connectivity index (χ3n) is 4.32. The number of hydrogen-bond acceptors (Lipinski definition) is 2. The molecule has 3 rings (SSSR count). The number of carbonyl (C=O) groups excluding carboxylic acids is 1. The molecule has 2 aliphatic rings. The van der Waals surface area contributed by atoms with E-state index in [9.17, 15) is 4.79 Å². The summed E-state index contributed by atoms with van der Waals surface area (Å²) < 4.78 is 5.11. The third kappa shape index (κ3) is 1.97. The Labute approximate surface area is 102 Å². The van der Waals surface area contributed by atoms with Crippen LogP contribution in [0.4, 0.5) is 0 Å². The number of hydrogen-bond donors (Lipinski definition) is 0. The summed E-state index contributed by atoms with van der Waals surface area (Å²) in [6.07, 6.45) is 4.50. The Balaban J connectivity index is 1.61. The van der Waals surface area contributed by atoms with Gasteiger partial charge in [0, 0.05) is 12.3 Å². The molecule has 0 heterocycles. The molecule has 0 aliphatic heterocycles. The fourth-order valence-electron chi connectivity index (χ4n) is 3.36. The maximum atomic E-state index is 12.1. The number of fused-ring (bicyclic) bond motifs is 1. The van der Waals surface area contributed by atoms with E-state index in [4.69, 9.17) is 4.74 Å². The lowest BCUT2D eigenvalue weighted by atomic mass is 10.0. The molecule has 2 heteroatoms. The molecule has 0 radical (unpaired) electrons. The fraction of sp³-hybridized carbons (Fsp3) is 0.533. The van der Waals surface area contributed by atoms with Crippen LogP contribution in [0.3, 0.4) is 0 Å². The lowest BCUT2D eigenvalue weighted by Gasteiger charge is -2.04. The number of benzene rings is 1. The summed E-state index contributed by atoms with van der Waals surface area (Å²) in [5, 5.41) is 0. The zero-order valence-corrected chi connectivity index (χ0v) is 10.2. The normalized spacial score (nSPS) is 29.8. The highest BCUT2D eigenvalue weighted by Crippen LogP contribution is 2.58.